The summed E-state index contributed by atoms with van der Waals surface area (Å²) >= 11 is 1.51. The van der Waals surface area contributed by atoms with Crippen molar-refractivity contribution in [1.29, 1.82) is 0 Å². The summed E-state index contributed by atoms with van der Waals surface area (Å²) in [4.78, 5) is 29.4. The molecule has 1 N–H and O–H groups in total. The summed E-state index contributed by atoms with van der Waals surface area (Å²) in [5.41, 5.74) is 2.05. The Morgan fingerprint density at radius 2 is 1.62 bits per heavy atom. The molecule has 10 heteroatoms. The number of amides is 2. The Morgan fingerprint density at radius 1 is 0.975 bits per heavy atom. The quantitative estimate of drug-likeness (QED) is 0.306. The van der Waals surface area contributed by atoms with Gasteiger partial charge in [0.05, 0.1) is 17.7 Å². The lowest BCUT2D eigenvalue weighted by atomic mass is 10.1. The van der Waals surface area contributed by atoms with Gasteiger partial charge in [0.1, 0.15) is 18.3 Å². The number of sulfonamides is 1. The maximum Gasteiger partial charge on any atom is 0.264 e. The highest BCUT2D eigenvalue weighted by atomic mass is 32.2. The second-order valence-electron chi connectivity index (χ2n) is 9.74. The maximum atomic E-state index is 14.0. The number of thioether (sulfide) groups is 1. The van der Waals surface area contributed by atoms with Crippen LogP contribution in [0.3, 0.4) is 0 Å². The van der Waals surface area contributed by atoms with Gasteiger partial charge >= 0.3 is 0 Å². The highest BCUT2D eigenvalue weighted by Gasteiger charge is 2.32. The van der Waals surface area contributed by atoms with Gasteiger partial charge in [0.15, 0.2) is 0 Å². The average Bonchev–Trinajstić information content (AvgIpc) is 2.94. The summed E-state index contributed by atoms with van der Waals surface area (Å²) in [5.74, 6) is -0.232. The van der Waals surface area contributed by atoms with Crippen LogP contribution in [0.1, 0.15) is 31.9 Å². The van der Waals surface area contributed by atoms with E-state index in [1.54, 1.807) is 80.8 Å². The maximum absolute atomic E-state index is 14.0. The summed E-state index contributed by atoms with van der Waals surface area (Å²) in [5, 5.41) is 2.85. The van der Waals surface area contributed by atoms with Crippen LogP contribution in [-0.2, 0) is 26.2 Å². The number of rotatable bonds is 12. The van der Waals surface area contributed by atoms with E-state index < -0.39 is 28.5 Å². The molecule has 0 bridgehead atoms. The lowest BCUT2D eigenvalue weighted by molar-refractivity contribution is -0.139. The third-order valence-corrected chi connectivity index (χ3v) is 8.87. The largest absolute Gasteiger partial charge is 0.497 e. The third kappa shape index (κ3) is 7.79. The predicted octanol–water partition coefficient (Wildman–Crippen LogP) is 4.86. The molecule has 3 aromatic carbocycles. The smallest absolute Gasteiger partial charge is 0.264 e. The summed E-state index contributed by atoms with van der Waals surface area (Å²) in [6.07, 6.45) is 1.91. The molecule has 0 saturated heterocycles. The van der Waals surface area contributed by atoms with Crippen LogP contribution < -0.4 is 14.4 Å². The highest BCUT2D eigenvalue weighted by molar-refractivity contribution is 7.98. The third-order valence-electron chi connectivity index (χ3n) is 6.33. The molecule has 0 aromatic heterocycles. The first-order valence-corrected chi connectivity index (χ1v) is 15.6. The summed E-state index contributed by atoms with van der Waals surface area (Å²) in [6.45, 7) is 6.83. The Labute approximate surface area is 241 Å². The van der Waals surface area contributed by atoms with Crippen LogP contribution in [0.4, 0.5) is 5.69 Å². The molecule has 40 heavy (non-hydrogen) atoms. The number of carbonyl (C=O) groups excluding carboxylic acids is 2. The fourth-order valence-electron chi connectivity index (χ4n) is 4.07. The molecule has 0 radical (unpaired) electrons. The van der Waals surface area contributed by atoms with Crippen molar-refractivity contribution in [3.8, 4) is 5.75 Å². The second kappa shape index (κ2) is 13.7. The van der Waals surface area contributed by atoms with Crippen molar-refractivity contribution in [2.24, 2.45) is 0 Å². The number of benzene rings is 3. The van der Waals surface area contributed by atoms with Gasteiger partial charge in [0, 0.05) is 17.5 Å². The van der Waals surface area contributed by atoms with Crippen LogP contribution in [-0.4, -0.2) is 57.1 Å². The first kappa shape index (κ1) is 31.0. The molecule has 8 nitrogen and oxygen atoms in total. The fraction of sp³-hybridized carbons (Fsp3) is 0.333. The number of anilines is 1. The number of nitrogens with one attached hydrogen (secondary N) is 1. The number of ether oxygens (including phenoxy) is 1. The van der Waals surface area contributed by atoms with Gasteiger partial charge in [-0.1, -0.05) is 29.8 Å². The zero-order valence-electron chi connectivity index (χ0n) is 23.7. The molecule has 0 spiro atoms. The summed E-state index contributed by atoms with van der Waals surface area (Å²) in [7, 11) is -2.56. The fourth-order valence-corrected chi connectivity index (χ4v) is 5.89. The van der Waals surface area contributed by atoms with E-state index in [4.69, 9.17) is 4.74 Å². The van der Waals surface area contributed by atoms with E-state index in [-0.39, 0.29) is 23.4 Å². The Kier molecular flexibility index (Phi) is 10.6. The molecule has 1 unspecified atom stereocenters. The number of nitrogens with zero attached hydrogens (tertiary/aromatic N) is 2. The SMILES string of the molecule is COc1cccc(CN(C(=O)CN(c2ccc(C)cc2)S(=O)(=O)c2ccc(SC)cc2)C(C)C(=O)NC(C)C)c1. The molecule has 0 fully saturated rings. The van der Waals surface area contributed by atoms with Crippen LogP contribution in [0.5, 0.6) is 5.75 Å². The van der Waals surface area contributed by atoms with Crippen molar-refractivity contribution in [1.82, 2.24) is 10.2 Å². The Bertz CT molecular complexity index is 1410. The van der Waals surface area contributed by atoms with Gasteiger partial charge in [-0.05, 0) is 88.0 Å². The standard InChI is InChI=1S/C30H37N3O5S2/c1-21(2)31-30(35)23(4)32(19-24-8-7-9-26(18-24)38-5)29(34)20-33(25-12-10-22(3)11-13-25)40(36,37)28-16-14-27(39-6)15-17-28/h7-18,21,23H,19-20H2,1-6H3,(H,31,35). The van der Waals surface area contributed by atoms with E-state index in [2.05, 4.69) is 5.32 Å². The van der Waals surface area contributed by atoms with E-state index in [9.17, 15) is 18.0 Å². The molecular formula is C30H37N3O5S2. The van der Waals surface area contributed by atoms with Gasteiger partial charge in [-0.2, -0.15) is 0 Å². The molecule has 0 aliphatic rings. The molecule has 0 saturated carbocycles. The molecule has 3 rings (SSSR count). The zero-order chi connectivity index (χ0) is 29.4. The van der Waals surface area contributed by atoms with Crippen molar-refractivity contribution in [3.63, 3.8) is 0 Å². The van der Waals surface area contributed by atoms with E-state index in [0.717, 1.165) is 20.3 Å². The topological polar surface area (TPSA) is 96.0 Å². The van der Waals surface area contributed by atoms with Gasteiger partial charge in [0.25, 0.3) is 10.0 Å². The Morgan fingerprint density at radius 3 is 2.20 bits per heavy atom. The molecule has 1 atom stereocenters. The molecular weight excluding hydrogens is 546 g/mol. The number of aryl methyl sites for hydroxylation is 1. The van der Waals surface area contributed by atoms with E-state index in [1.165, 1.54) is 16.7 Å². The predicted molar refractivity (Wildman–Crippen MR) is 160 cm³/mol. The van der Waals surface area contributed by atoms with Crippen molar-refractivity contribution >= 4 is 39.3 Å². The zero-order valence-corrected chi connectivity index (χ0v) is 25.4. The lowest BCUT2D eigenvalue weighted by Crippen LogP contribution is -2.52. The molecule has 0 heterocycles. The Balaban J connectivity index is 2.03. The number of hydrogen-bond donors (Lipinski definition) is 1. The van der Waals surface area contributed by atoms with Crippen LogP contribution in [0, 0.1) is 6.92 Å². The van der Waals surface area contributed by atoms with E-state index >= 15 is 0 Å². The molecule has 0 aliphatic carbocycles. The minimum Gasteiger partial charge on any atom is -0.497 e. The molecule has 214 valence electrons. The molecule has 2 amide bonds. The summed E-state index contributed by atoms with van der Waals surface area (Å²) in [6, 6.07) is 19.7. The van der Waals surface area contributed by atoms with Crippen LogP contribution >= 0.6 is 11.8 Å². The second-order valence-corrected chi connectivity index (χ2v) is 12.5. The number of carbonyl (C=O) groups is 2. The van der Waals surface area contributed by atoms with Crippen LogP contribution in [0.2, 0.25) is 0 Å². The van der Waals surface area contributed by atoms with Gasteiger partial charge in [-0.25, -0.2) is 8.42 Å². The van der Waals surface area contributed by atoms with Crippen molar-refractivity contribution in [2.45, 2.75) is 56.1 Å². The van der Waals surface area contributed by atoms with E-state index in [1.807, 2.05) is 33.1 Å². The summed E-state index contributed by atoms with van der Waals surface area (Å²) < 4.78 is 34.3. The average molecular weight is 584 g/mol. The van der Waals surface area contributed by atoms with Crippen molar-refractivity contribution < 1.29 is 22.7 Å². The van der Waals surface area contributed by atoms with Gasteiger partial charge in [0.2, 0.25) is 11.8 Å². The Hall–Kier alpha value is -3.50. The van der Waals surface area contributed by atoms with E-state index in [0.29, 0.717) is 11.4 Å². The number of hydrogen-bond acceptors (Lipinski definition) is 6. The van der Waals surface area contributed by atoms with Crippen LogP contribution in [0.25, 0.3) is 0 Å². The minimum atomic E-state index is -4.11. The molecule has 0 aliphatic heterocycles. The lowest BCUT2D eigenvalue weighted by Gasteiger charge is -2.32. The van der Waals surface area contributed by atoms with Gasteiger partial charge < -0.3 is 15.0 Å². The first-order valence-electron chi connectivity index (χ1n) is 12.9. The van der Waals surface area contributed by atoms with Crippen molar-refractivity contribution in [2.75, 3.05) is 24.2 Å². The first-order chi connectivity index (χ1) is 19.0. The van der Waals surface area contributed by atoms with Crippen molar-refractivity contribution in [3.05, 3.63) is 83.9 Å². The normalized spacial score (nSPS) is 12.1. The van der Waals surface area contributed by atoms with Crippen LogP contribution in [0.15, 0.2) is 82.6 Å². The van der Waals surface area contributed by atoms with Gasteiger partial charge in [-0.15, -0.1) is 11.8 Å². The molecule has 3 aromatic rings. The minimum absolute atomic E-state index is 0.0728. The monoisotopic (exact) mass is 583 g/mol. The highest BCUT2D eigenvalue weighted by Crippen LogP contribution is 2.27. The van der Waals surface area contributed by atoms with Gasteiger partial charge in [-0.3, -0.25) is 13.9 Å². The number of methoxy groups -OCH3 is 1.